The Balaban J connectivity index is 1.56. The Morgan fingerprint density at radius 3 is 1.83 bits per heavy atom. The highest BCUT2D eigenvalue weighted by atomic mass is 19.1. The van der Waals surface area contributed by atoms with Crippen LogP contribution in [0, 0.1) is 11.6 Å². The number of imidazole rings is 1. The average molecular weight is 716 g/mol. The lowest BCUT2D eigenvalue weighted by Gasteiger charge is -2.16. The molecule has 0 unspecified atom stereocenters. The van der Waals surface area contributed by atoms with Crippen molar-refractivity contribution >= 4 is 5.78 Å². The van der Waals surface area contributed by atoms with Gasteiger partial charge in [0, 0.05) is 66.6 Å². The summed E-state index contributed by atoms with van der Waals surface area (Å²) in [6.45, 7) is 2.47. The fourth-order valence-corrected chi connectivity index (χ4v) is 5.72. The molecule has 0 bridgehead atoms. The molecule has 0 aliphatic rings. The molecule has 0 spiro atoms. The minimum Gasteiger partial charge on any atom is -0.497 e. The van der Waals surface area contributed by atoms with Crippen LogP contribution >= 0.6 is 0 Å². The van der Waals surface area contributed by atoms with Crippen molar-refractivity contribution in [3.63, 3.8) is 0 Å². The van der Waals surface area contributed by atoms with Crippen LogP contribution in [0.3, 0.4) is 0 Å². The maximum Gasteiger partial charge on any atom is 0.162 e. The van der Waals surface area contributed by atoms with Crippen LogP contribution in [0.2, 0.25) is 0 Å². The third-order valence-corrected chi connectivity index (χ3v) is 8.38. The molecular formula is C40H43F2N3O7. The second-order valence-electron chi connectivity index (χ2n) is 11.7. The van der Waals surface area contributed by atoms with Gasteiger partial charge in [0.25, 0.3) is 0 Å². The summed E-state index contributed by atoms with van der Waals surface area (Å²) in [4.78, 5) is 18.0. The Bertz CT molecular complexity index is 1940. The Hall–Kier alpha value is -5.30. The van der Waals surface area contributed by atoms with Crippen LogP contribution in [0.15, 0.2) is 78.9 Å². The third-order valence-electron chi connectivity index (χ3n) is 8.38. The number of hydrogen-bond acceptors (Lipinski definition) is 9. The molecule has 52 heavy (non-hydrogen) atoms. The molecule has 0 amide bonds. The van der Waals surface area contributed by atoms with Crippen molar-refractivity contribution in [3.05, 3.63) is 102 Å². The van der Waals surface area contributed by atoms with E-state index >= 15 is 8.78 Å². The van der Waals surface area contributed by atoms with E-state index in [-0.39, 0.29) is 29.1 Å². The number of aromatic nitrogens is 2. The number of carbonyl (C=O) groups excluding carboxylic acids is 1. The van der Waals surface area contributed by atoms with E-state index in [1.807, 2.05) is 16.7 Å². The van der Waals surface area contributed by atoms with Crippen molar-refractivity contribution in [1.82, 2.24) is 9.55 Å². The number of halogens is 2. The topological polar surface area (TPSA) is 116 Å². The first kappa shape index (κ1) is 37.9. The van der Waals surface area contributed by atoms with E-state index < -0.39 is 11.6 Å². The standard InChI is InChI=1S/C40H43F2N3O7/c1-47-29-11-13-33(35(41)23-29)38-39(34-14-12-30(48-2)24-36(34)42)45(40(44-38)28-20-31(49-3)22-32(21-28)50-4)25-26-7-9-27(10-8-26)37(46)6-5-16-51-18-19-52-17-15-43/h7-14,20-24H,5-6,15-19,25,43H2,1-4H3. The quantitative estimate of drug-likeness (QED) is 0.0700. The summed E-state index contributed by atoms with van der Waals surface area (Å²) in [6.07, 6.45) is 0.894. The molecule has 1 heterocycles. The summed E-state index contributed by atoms with van der Waals surface area (Å²) in [5, 5.41) is 0. The van der Waals surface area contributed by atoms with Gasteiger partial charge in [-0.2, -0.15) is 0 Å². The van der Waals surface area contributed by atoms with Crippen LogP contribution in [0.25, 0.3) is 33.9 Å². The number of nitrogens with two attached hydrogens (primary N) is 1. The van der Waals surface area contributed by atoms with Gasteiger partial charge >= 0.3 is 0 Å². The second kappa shape index (κ2) is 18.3. The molecule has 1 aromatic heterocycles. The third kappa shape index (κ3) is 9.13. The highest BCUT2D eigenvalue weighted by Crippen LogP contribution is 2.41. The molecule has 274 valence electrons. The number of hydrogen-bond donors (Lipinski definition) is 1. The minimum atomic E-state index is -0.595. The lowest BCUT2D eigenvalue weighted by molar-refractivity contribution is 0.0489. The zero-order chi connectivity index (χ0) is 37.0. The molecule has 0 atom stereocenters. The van der Waals surface area contributed by atoms with Gasteiger partial charge in [-0.15, -0.1) is 0 Å². The Morgan fingerprint density at radius 2 is 1.27 bits per heavy atom. The van der Waals surface area contributed by atoms with Crippen molar-refractivity contribution in [3.8, 4) is 56.9 Å². The molecule has 0 fully saturated rings. The van der Waals surface area contributed by atoms with Crippen LogP contribution in [-0.2, 0) is 16.0 Å². The molecule has 4 aromatic carbocycles. The Morgan fingerprint density at radius 1 is 0.692 bits per heavy atom. The first-order chi connectivity index (χ1) is 25.3. The van der Waals surface area contributed by atoms with Gasteiger partial charge in [0.1, 0.15) is 46.2 Å². The number of ketones is 1. The van der Waals surface area contributed by atoms with Gasteiger partial charge in [-0.25, -0.2) is 13.8 Å². The van der Waals surface area contributed by atoms with E-state index in [9.17, 15) is 4.79 Å². The maximum atomic E-state index is 16.0. The molecule has 0 radical (unpaired) electrons. The van der Waals surface area contributed by atoms with Gasteiger partial charge < -0.3 is 38.7 Å². The Labute approximate surface area is 302 Å². The number of rotatable bonds is 19. The lowest BCUT2D eigenvalue weighted by atomic mass is 10.0. The minimum absolute atomic E-state index is 0.0143. The summed E-state index contributed by atoms with van der Waals surface area (Å²) in [5.41, 5.74) is 8.21. The highest BCUT2D eigenvalue weighted by Gasteiger charge is 2.26. The zero-order valence-corrected chi connectivity index (χ0v) is 29.7. The van der Waals surface area contributed by atoms with E-state index in [1.165, 1.54) is 40.6 Å². The van der Waals surface area contributed by atoms with Crippen LogP contribution < -0.4 is 24.7 Å². The summed E-state index contributed by atoms with van der Waals surface area (Å²) in [5.74, 6) is 0.871. The molecule has 2 N–H and O–H groups in total. The van der Waals surface area contributed by atoms with Crippen LogP contribution in [-0.4, -0.2) is 76.7 Å². The molecule has 10 nitrogen and oxygen atoms in total. The van der Waals surface area contributed by atoms with Crippen LogP contribution in [0.5, 0.6) is 23.0 Å². The molecule has 5 aromatic rings. The van der Waals surface area contributed by atoms with Crippen molar-refractivity contribution in [1.29, 1.82) is 0 Å². The number of benzene rings is 4. The van der Waals surface area contributed by atoms with Gasteiger partial charge in [-0.3, -0.25) is 4.79 Å². The van der Waals surface area contributed by atoms with Crippen molar-refractivity contribution in [2.75, 3.05) is 61.4 Å². The smallest absolute Gasteiger partial charge is 0.162 e. The predicted octanol–water partition coefficient (Wildman–Crippen LogP) is 7.20. The molecule has 0 aliphatic carbocycles. The maximum absolute atomic E-state index is 16.0. The molecule has 12 heteroatoms. The van der Waals surface area contributed by atoms with Crippen molar-refractivity contribution in [2.24, 2.45) is 5.73 Å². The fourth-order valence-electron chi connectivity index (χ4n) is 5.72. The second-order valence-corrected chi connectivity index (χ2v) is 11.7. The Kier molecular flexibility index (Phi) is 13.3. The summed E-state index contributed by atoms with van der Waals surface area (Å²) in [6, 6.07) is 21.4. The fraction of sp³-hybridized carbons (Fsp3) is 0.300. The van der Waals surface area contributed by atoms with Gasteiger partial charge in [0.2, 0.25) is 0 Å². The normalized spacial score (nSPS) is 11.1. The SMILES string of the molecule is COc1cc(OC)cc(-c2nc(-c3ccc(OC)cc3F)c(-c3ccc(OC)cc3F)n2Cc2ccc(C(=O)CCCOCCOCCN)cc2)c1. The van der Waals surface area contributed by atoms with E-state index in [0.29, 0.717) is 91.5 Å². The van der Waals surface area contributed by atoms with E-state index in [4.69, 9.17) is 39.1 Å². The van der Waals surface area contributed by atoms with Crippen molar-refractivity contribution in [2.45, 2.75) is 19.4 Å². The van der Waals surface area contributed by atoms with E-state index in [1.54, 1.807) is 54.6 Å². The molecule has 0 aliphatic heterocycles. The van der Waals surface area contributed by atoms with Crippen LogP contribution in [0.4, 0.5) is 8.78 Å². The molecule has 0 saturated heterocycles. The number of ether oxygens (including phenoxy) is 6. The summed E-state index contributed by atoms with van der Waals surface area (Å²) in [7, 11) is 5.98. The van der Waals surface area contributed by atoms with Gasteiger partial charge in [-0.05, 0) is 48.4 Å². The largest absolute Gasteiger partial charge is 0.497 e. The first-order valence-electron chi connectivity index (χ1n) is 16.8. The van der Waals surface area contributed by atoms with Gasteiger partial charge in [-0.1, -0.05) is 24.3 Å². The average Bonchev–Trinajstić information content (AvgIpc) is 3.53. The highest BCUT2D eigenvalue weighted by molar-refractivity contribution is 5.96. The summed E-state index contributed by atoms with van der Waals surface area (Å²) < 4.78 is 66.2. The van der Waals surface area contributed by atoms with E-state index in [0.717, 1.165) is 5.56 Å². The molecular weight excluding hydrogens is 672 g/mol. The van der Waals surface area contributed by atoms with E-state index in [2.05, 4.69) is 0 Å². The molecule has 0 saturated carbocycles. The first-order valence-corrected chi connectivity index (χ1v) is 16.8. The number of Topliss-reactive ketones (excluding diaryl/α,β-unsaturated/α-hetero) is 1. The van der Waals surface area contributed by atoms with Gasteiger partial charge in [0.05, 0.1) is 54.0 Å². The van der Waals surface area contributed by atoms with Crippen molar-refractivity contribution < 1.29 is 42.0 Å². The summed E-state index contributed by atoms with van der Waals surface area (Å²) >= 11 is 0. The predicted molar refractivity (Wildman–Crippen MR) is 194 cm³/mol. The van der Waals surface area contributed by atoms with Gasteiger partial charge in [0.15, 0.2) is 5.78 Å². The molecule has 5 rings (SSSR count). The number of nitrogens with zero attached hydrogens (tertiary/aromatic N) is 2. The van der Waals surface area contributed by atoms with Crippen LogP contribution in [0.1, 0.15) is 28.8 Å². The number of carbonyl (C=O) groups is 1. The monoisotopic (exact) mass is 715 g/mol. The zero-order valence-electron chi connectivity index (χ0n) is 29.7. The number of methoxy groups -OCH3 is 4. The lowest BCUT2D eigenvalue weighted by Crippen LogP contribution is -2.12.